The van der Waals surface area contributed by atoms with Crippen LogP contribution in [0.3, 0.4) is 0 Å². The fourth-order valence-corrected chi connectivity index (χ4v) is 2.21. The molecule has 0 aromatic carbocycles. The zero-order valence-corrected chi connectivity index (χ0v) is 10.8. The maximum Gasteiger partial charge on any atom is 0.0903 e. The van der Waals surface area contributed by atoms with Gasteiger partial charge >= 0.3 is 0 Å². The maximum absolute atomic E-state index is 4.40. The molecule has 0 aliphatic carbocycles. The average molecular weight is 224 g/mol. The van der Waals surface area contributed by atoms with E-state index >= 15 is 0 Å². The minimum Gasteiger partial charge on any atom is -0.311 e. The molecule has 1 N–H and O–H groups in total. The zero-order valence-electron chi connectivity index (χ0n) is 10.0. The molecule has 1 aromatic rings. The second-order valence-electron chi connectivity index (χ2n) is 3.78. The highest BCUT2D eigenvalue weighted by atomic mass is 32.1. The maximum atomic E-state index is 4.40. The summed E-state index contributed by atoms with van der Waals surface area (Å²) in [6.45, 7) is 9.54. The first-order valence-electron chi connectivity index (χ1n) is 5.49. The Bertz CT molecular complexity index is 328. The molecule has 2 nitrogen and oxygen atoms in total. The van der Waals surface area contributed by atoms with Crippen LogP contribution in [0.1, 0.15) is 35.8 Å². The minimum atomic E-state index is 0.437. The highest BCUT2D eigenvalue weighted by Crippen LogP contribution is 2.18. The number of nitrogens with zero attached hydrogens (tertiary/aromatic N) is 1. The van der Waals surface area contributed by atoms with E-state index in [1.807, 2.05) is 6.92 Å². The third-order valence-corrected chi connectivity index (χ3v) is 3.23. The van der Waals surface area contributed by atoms with Crippen molar-refractivity contribution in [2.24, 2.45) is 0 Å². The fourth-order valence-electron chi connectivity index (χ4n) is 1.37. The van der Waals surface area contributed by atoms with E-state index in [0.717, 1.165) is 17.2 Å². The van der Waals surface area contributed by atoms with Crippen molar-refractivity contribution in [1.82, 2.24) is 10.3 Å². The van der Waals surface area contributed by atoms with Gasteiger partial charge in [-0.1, -0.05) is 13.0 Å². The number of aromatic nitrogens is 1. The molecule has 15 heavy (non-hydrogen) atoms. The molecular formula is C12H20N2S. The van der Waals surface area contributed by atoms with Crippen molar-refractivity contribution in [3.63, 3.8) is 0 Å². The quantitative estimate of drug-likeness (QED) is 0.831. The number of rotatable bonds is 5. The zero-order chi connectivity index (χ0) is 11.3. The van der Waals surface area contributed by atoms with Gasteiger partial charge in [0.15, 0.2) is 0 Å². The lowest BCUT2D eigenvalue weighted by molar-refractivity contribution is 0.625. The van der Waals surface area contributed by atoms with Gasteiger partial charge in [0.1, 0.15) is 0 Å². The van der Waals surface area contributed by atoms with Crippen LogP contribution in [-0.4, -0.2) is 17.6 Å². The van der Waals surface area contributed by atoms with Gasteiger partial charge < -0.3 is 5.32 Å². The van der Waals surface area contributed by atoms with Gasteiger partial charge in [-0.2, -0.15) is 0 Å². The van der Waals surface area contributed by atoms with Crippen LogP contribution in [0.25, 0.3) is 6.08 Å². The van der Waals surface area contributed by atoms with Crippen LogP contribution in [0.15, 0.2) is 6.08 Å². The molecule has 0 aliphatic heterocycles. The Labute approximate surface area is 96.4 Å². The van der Waals surface area contributed by atoms with Crippen LogP contribution >= 0.6 is 11.3 Å². The summed E-state index contributed by atoms with van der Waals surface area (Å²) in [4.78, 5) is 5.67. The van der Waals surface area contributed by atoms with Gasteiger partial charge in [0.05, 0.1) is 10.7 Å². The van der Waals surface area contributed by atoms with Crippen molar-refractivity contribution in [2.75, 3.05) is 6.54 Å². The molecule has 0 aliphatic rings. The van der Waals surface area contributed by atoms with Crippen LogP contribution in [0, 0.1) is 13.8 Å². The van der Waals surface area contributed by atoms with Crippen molar-refractivity contribution in [3.05, 3.63) is 21.7 Å². The number of hydrogen-bond donors (Lipinski definition) is 1. The summed E-state index contributed by atoms with van der Waals surface area (Å²) >= 11 is 1.75. The fraction of sp³-hybridized carbons (Fsp3) is 0.583. The third kappa shape index (κ3) is 4.14. The molecule has 0 amide bonds. The molecule has 0 fully saturated rings. The molecule has 1 aromatic heterocycles. The van der Waals surface area contributed by atoms with Gasteiger partial charge in [-0.15, -0.1) is 11.3 Å². The lowest BCUT2D eigenvalue weighted by Crippen LogP contribution is -2.24. The first-order valence-corrected chi connectivity index (χ1v) is 6.30. The highest BCUT2D eigenvalue weighted by Gasteiger charge is 2.01. The summed E-state index contributed by atoms with van der Waals surface area (Å²) in [5.41, 5.74) is 1.14. The SMILES string of the molecule is CCCNC(C)/C=C/c1sc(C)nc1C. The number of aryl methyl sites for hydroxylation is 2. The Morgan fingerprint density at radius 1 is 1.47 bits per heavy atom. The number of thiazole rings is 1. The van der Waals surface area contributed by atoms with E-state index in [0.29, 0.717) is 6.04 Å². The first-order chi connectivity index (χ1) is 7.13. The second kappa shape index (κ2) is 6.03. The Morgan fingerprint density at radius 2 is 2.20 bits per heavy atom. The Balaban J connectivity index is 2.53. The van der Waals surface area contributed by atoms with Crippen molar-refractivity contribution >= 4 is 17.4 Å². The molecule has 84 valence electrons. The number of hydrogen-bond acceptors (Lipinski definition) is 3. The Kier molecular flexibility index (Phi) is 4.99. The molecule has 0 bridgehead atoms. The highest BCUT2D eigenvalue weighted by molar-refractivity contribution is 7.12. The second-order valence-corrected chi connectivity index (χ2v) is 5.02. The number of nitrogens with one attached hydrogen (secondary N) is 1. The van der Waals surface area contributed by atoms with Crippen molar-refractivity contribution in [1.29, 1.82) is 0 Å². The summed E-state index contributed by atoms with van der Waals surface area (Å²) < 4.78 is 0. The van der Waals surface area contributed by atoms with Crippen LogP contribution in [0.5, 0.6) is 0 Å². The average Bonchev–Trinajstić information content (AvgIpc) is 2.51. The first kappa shape index (κ1) is 12.4. The largest absolute Gasteiger partial charge is 0.311 e. The summed E-state index contributed by atoms with van der Waals surface area (Å²) in [6.07, 6.45) is 5.56. The van der Waals surface area contributed by atoms with Crippen LogP contribution < -0.4 is 5.32 Å². The smallest absolute Gasteiger partial charge is 0.0903 e. The van der Waals surface area contributed by atoms with Gasteiger partial charge in [-0.25, -0.2) is 4.98 Å². The predicted molar refractivity (Wildman–Crippen MR) is 68.4 cm³/mol. The molecule has 1 rings (SSSR count). The van der Waals surface area contributed by atoms with Gasteiger partial charge in [-0.05, 0) is 39.8 Å². The van der Waals surface area contributed by atoms with Gasteiger partial charge in [-0.3, -0.25) is 0 Å². The van der Waals surface area contributed by atoms with E-state index < -0.39 is 0 Å². The summed E-state index contributed by atoms with van der Waals surface area (Å²) in [5.74, 6) is 0. The van der Waals surface area contributed by atoms with E-state index in [4.69, 9.17) is 0 Å². The van der Waals surface area contributed by atoms with Gasteiger partial charge in [0.2, 0.25) is 0 Å². The molecule has 0 spiro atoms. The van der Waals surface area contributed by atoms with E-state index in [1.165, 1.54) is 11.3 Å². The summed E-state index contributed by atoms with van der Waals surface area (Å²) in [5, 5.41) is 4.57. The summed E-state index contributed by atoms with van der Waals surface area (Å²) in [7, 11) is 0. The van der Waals surface area contributed by atoms with Crippen LogP contribution in [-0.2, 0) is 0 Å². The molecule has 0 saturated carbocycles. The van der Waals surface area contributed by atoms with Crippen LogP contribution in [0.2, 0.25) is 0 Å². The lowest BCUT2D eigenvalue weighted by atomic mass is 10.2. The molecule has 0 saturated heterocycles. The third-order valence-electron chi connectivity index (χ3n) is 2.19. The standard InChI is InChI=1S/C12H20N2S/c1-5-8-13-9(2)6-7-12-10(3)14-11(4)15-12/h6-7,9,13H,5,8H2,1-4H3/b7-6+. The lowest BCUT2D eigenvalue weighted by Gasteiger charge is -2.06. The van der Waals surface area contributed by atoms with Crippen molar-refractivity contribution < 1.29 is 0 Å². The molecule has 1 unspecified atom stereocenters. The predicted octanol–water partition coefficient (Wildman–Crippen LogP) is 3.16. The topological polar surface area (TPSA) is 24.9 Å². The Hall–Kier alpha value is -0.670. The van der Waals surface area contributed by atoms with Crippen LogP contribution in [0.4, 0.5) is 0 Å². The summed E-state index contributed by atoms with van der Waals surface area (Å²) in [6, 6.07) is 0.437. The normalized spacial score (nSPS) is 13.6. The Morgan fingerprint density at radius 3 is 2.73 bits per heavy atom. The molecular weight excluding hydrogens is 204 g/mol. The molecule has 1 heterocycles. The molecule has 1 atom stereocenters. The molecule has 3 heteroatoms. The minimum absolute atomic E-state index is 0.437. The van der Waals surface area contributed by atoms with Crippen molar-refractivity contribution in [3.8, 4) is 0 Å². The van der Waals surface area contributed by atoms with E-state index in [9.17, 15) is 0 Å². The molecule has 0 radical (unpaired) electrons. The van der Waals surface area contributed by atoms with Gasteiger partial charge in [0, 0.05) is 10.9 Å². The monoisotopic (exact) mass is 224 g/mol. The van der Waals surface area contributed by atoms with Crippen molar-refractivity contribution in [2.45, 2.75) is 40.2 Å². The van der Waals surface area contributed by atoms with E-state index in [1.54, 1.807) is 11.3 Å². The van der Waals surface area contributed by atoms with E-state index in [2.05, 4.69) is 43.2 Å². The van der Waals surface area contributed by atoms with Gasteiger partial charge in [0.25, 0.3) is 0 Å². The van der Waals surface area contributed by atoms with E-state index in [-0.39, 0.29) is 0 Å².